The zero-order valence-electron chi connectivity index (χ0n) is 8.18. The van der Waals surface area contributed by atoms with Gasteiger partial charge in [0.2, 0.25) is 6.54 Å². The molecule has 0 saturated carbocycles. The van der Waals surface area contributed by atoms with Crippen molar-refractivity contribution in [3.05, 3.63) is 10.1 Å². The van der Waals surface area contributed by atoms with Crippen LogP contribution < -0.4 is 10.2 Å². The van der Waals surface area contributed by atoms with Crippen LogP contribution >= 0.6 is 11.8 Å². The number of carbonyl (C=O) groups excluding carboxylic acids is 2. The van der Waals surface area contributed by atoms with Gasteiger partial charge < -0.3 is 19.8 Å². The van der Waals surface area contributed by atoms with Crippen molar-refractivity contribution in [1.29, 1.82) is 0 Å². The van der Waals surface area contributed by atoms with Crippen molar-refractivity contribution in [3.63, 3.8) is 0 Å². The van der Waals surface area contributed by atoms with Gasteiger partial charge in [0.1, 0.15) is 0 Å². The van der Waals surface area contributed by atoms with E-state index in [1.165, 1.54) is 6.92 Å². The summed E-state index contributed by atoms with van der Waals surface area (Å²) < 4.78 is 0. The predicted octanol–water partition coefficient (Wildman–Crippen LogP) is -2.36. The van der Waals surface area contributed by atoms with Crippen LogP contribution in [0.3, 0.4) is 0 Å². The second-order valence-corrected chi connectivity index (χ2v) is 4.49. The summed E-state index contributed by atoms with van der Waals surface area (Å²) in [5.74, 6) is -3.08. The average molecular weight is 299 g/mol. The number of nitrogens with zero attached hydrogens (tertiary/aromatic N) is 1. The zero-order chi connectivity index (χ0) is 12.0. The quantitative estimate of drug-likeness (QED) is 0.292. The van der Waals surface area contributed by atoms with E-state index in [1.54, 1.807) is 0 Å². The van der Waals surface area contributed by atoms with E-state index >= 15 is 0 Å². The van der Waals surface area contributed by atoms with Gasteiger partial charge in [0.15, 0.2) is 0 Å². The summed E-state index contributed by atoms with van der Waals surface area (Å²) in [6, 6.07) is 0. The Morgan fingerprint density at radius 2 is 1.88 bits per heavy atom. The molecule has 0 aliphatic rings. The van der Waals surface area contributed by atoms with E-state index in [0.717, 1.165) is 0 Å². The van der Waals surface area contributed by atoms with Crippen LogP contribution in [0.4, 0.5) is 0 Å². The van der Waals surface area contributed by atoms with Crippen LogP contribution in [0.2, 0.25) is 0 Å². The summed E-state index contributed by atoms with van der Waals surface area (Å²) in [4.78, 5) is 30.1. The molecule has 2 atom stereocenters. The molecule has 0 amide bonds. The van der Waals surface area contributed by atoms with Crippen molar-refractivity contribution in [3.8, 4) is 0 Å². The van der Waals surface area contributed by atoms with Crippen LogP contribution in [-0.4, -0.2) is 33.9 Å². The van der Waals surface area contributed by atoms with E-state index in [1.807, 2.05) is 0 Å². The van der Waals surface area contributed by atoms with Crippen molar-refractivity contribution in [2.24, 2.45) is 0 Å². The van der Waals surface area contributed by atoms with Gasteiger partial charge in [-0.05, 0) is 6.92 Å². The smallest absolute Gasteiger partial charge is 0.550 e. The molecule has 7 nitrogen and oxygen atoms in total. The minimum absolute atomic E-state index is 0. The number of carboxylic acids is 2. The Morgan fingerprint density at radius 1 is 1.38 bits per heavy atom. The van der Waals surface area contributed by atoms with Gasteiger partial charge in [-0.3, -0.25) is 10.1 Å². The molecule has 0 saturated heterocycles. The van der Waals surface area contributed by atoms with Crippen molar-refractivity contribution in [2.75, 3.05) is 6.54 Å². The van der Waals surface area contributed by atoms with Crippen molar-refractivity contribution in [1.82, 2.24) is 0 Å². The first kappa shape index (κ1) is 17.6. The Labute approximate surface area is 106 Å². The molecule has 0 aromatic rings. The number of nitro groups is 1. The van der Waals surface area contributed by atoms with Crippen molar-refractivity contribution >= 4 is 23.7 Å². The molecule has 0 aromatic carbocycles. The van der Waals surface area contributed by atoms with E-state index in [-0.39, 0.29) is 17.1 Å². The van der Waals surface area contributed by atoms with Gasteiger partial charge in [0, 0.05) is 17.3 Å². The molecule has 95 valence electrons. The fourth-order valence-corrected chi connectivity index (χ4v) is 1.98. The number of hydrogen-bond acceptors (Lipinski definition) is 7. The largest absolute Gasteiger partial charge is 2.00 e. The van der Waals surface area contributed by atoms with E-state index < -0.39 is 40.3 Å². The maximum atomic E-state index is 10.5. The minimum Gasteiger partial charge on any atom is -0.550 e. The Bertz CT molecular complexity index is 274. The second-order valence-electron chi connectivity index (χ2n) is 2.85. The van der Waals surface area contributed by atoms with Gasteiger partial charge >= 0.3 is 17.1 Å². The fraction of sp³-hybridized carbons (Fsp3) is 0.714. The zero-order valence-corrected chi connectivity index (χ0v) is 9.93. The van der Waals surface area contributed by atoms with E-state index in [2.05, 4.69) is 0 Å². The monoisotopic (exact) mass is 298 g/mol. The summed E-state index contributed by atoms with van der Waals surface area (Å²) in [6.07, 6.45) is -0.713. The Hall–Kier alpha value is -0.791. The predicted molar refractivity (Wildman–Crippen MR) is 47.3 cm³/mol. The van der Waals surface area contributed by atoms with Crippen molar-refractivity contribution < 1.29 is 41.8 Å². The third-order valence-corrected chi connectivity index (χ3v) is 2.72. The molecule has 2 unspecified atom stereocenters. The molecule has 1 radical (unpaired) electrons. The molecular formula is C7H9CuNO6S. The van der Waals surface area contributed by atoms with Crippen molar-refractivity contribution in [2.45, 2.75) is 23.8 Å². The second kappa shape index (κ2) is 8.37. The summed E-state index contributed by atoms with van der Waals surface area (Å²) >= 11 is 0.685. The van der Waals surface area contributed by atoms with Crippen LogP contribution in [-0.2, 0) is 26.7 Å². The molecule has 0 aliphatic heterocycles. The molecule has 0 aromatic heterocycles. The van der Waals surface area contributed by atoms with Gasteiger partial charge in [-0.1, -0.05) is 0 Å². The van der Waals surface area contributed by atoms with Crippen LogP contribution in [0.15, 0.2) is 0 Å². The van der Waals surface area contributed by atoms with Gasteiger partial charge in [-0.15, -0.1) is 11.8 Å². The van der Waals surface area contributed by atoms with Crippen LogP contribution in [0.5, 0.6) is 0 Å². The molecule has 0 spiro atoms. The first-order valence-electron chi connectivity index (χ1n) is 4.01. The Balaban J connectivity index is 0. The number of carbonyl (C=O) groups is 2. The Morgan fingerprint density at radius 3 is 2.19 bits per heavy atom. The minimum atomic E-state index is -1.56. The normalized spacial score (nSPS) is 13.3. The number of aliphatic carboxylic acids is 2. The van der Waals surface area contributed by atoms with E-state index in [4.69, 9.17) is 0 Å². The fourth-order valence-electron chi connectivity index (χ4n) is 0.872. The Kier molecular flexibility index (Phi) is 9.21. The molecule has 0 aliphatic carbocycles. The first-order valence-corrected chi connectivity index (χ1v) is 4.95. The van der Waals surface area contributed by atoms with Gasteiger partial charge in [-0.2, -0.15) is 0 Å². The molecule has 9 heteroatoms. The van der Waals surface area contributed by atoms with Gasteiger partial charge in [0.25, 0.3) is 0 Å². The summed E-state index contributed by atoms with van der Waals surface area (Å²) in [5, 5.41) is 28.8. The maximum absolute atomic E-state index is 10.5. The van der Waals surface area contributed by atoms with E-state index in [0.29, 0.717) is 11.8 Å². The molecule has 16 heavy (non-hydrogen) atoms. The molecule has 0 bridgehead atoms. The number of hydrogen-bond donors (Lipinski definition) is 0. The third kappa shape index (κ3) is 8.51. The number of rotatable bonds is 7. The van der Waals surface area contributed by atoms with Crippen LogP contribution in [0.1, 0.15) is 13.3 Å². The molecule has 0 N–H and O–H groups in total. The van der Waals surface area contributed by atoms with Gasteiger partial charge in [0.05, 0.1) is 16.5 Å². The molecule has 0 heterocycles. The third-order valence-electron chi connectivity index (χ3n) is 1.42. The average Bonchev–Trinajstić information content (AvgIpc) is 1.99. The standard InChI is InChI=1S/C7H11NO6S.Cu/c1-4(3-8(13)14)15-5(7(11)12)2-6(9)10;/h4-5H,2-3H2,1H3,(H,9,10)(H,11,12);/q;+2/p-2. The molecular weight excluding hydrogens is 290 g/mol. The number of carboxylic acid groups (broad SMARTS) is 2. The maximum Gasteiger partial charge on any atom is 2.00 e. The summed E-state index contributed by atoms with van der Waals surface area (Å²) in [5.41, 5.74) is 0. The van der Waals surface area contributed by atoms with Crippen LogP contribution in [0, 0.1) is 10.1 Å². The summed E-state index contributed by atoms with van der Waals surface area (Å²) in [6.45, 7) is 1.01. The summed E-state index contributed by atoms with van der Waals surface area (Å²) in [7, 11) is 0. The molecule has 0 rings (SSSR count). The first-order chi connectivity index (χ1) is 6.82. The topological polar surface area (TPSA) is 123 Å². The van der Waals surface area contributed by atoms with Gasteiger partial charge in [-0.25, -0.2) is 0 Å². The van der Waals surface area contributed by atoms with E-state index in [9.17, 15) is 29.9 Å². The number of thioether (sulfide) groups is 1. The van der Waals surface area contributed by atoms with Crippen LogP contribution in [0.25, 0.3) is 0 Å². The SMILES string of the molecule is CC(C[N+](=O)[O-])SC(CC(=O)[O-])C(=O)[O-].[Cu+2]. The molecule has 0 fully saturated rings.